The number of aromatic nitrogens is 2. The van der Waals surface area contributed by atoms with Crippen molar-refractivity contribution >= 4 is 0 Å². The normalized spacial score (nSPS) is 13.5. The second-order valence-corrected chi connectivity index (χ2v) is 3.83. The van der Waals surface area contributed by atoms with Gasteiger partial charge >= 0.3 is 0 Å². The molecule has 1 unspecified atom stereocenters. The van der Waals surface area contributed by atoms with Crippen molar-refractivity contribution in [3.63, 3.8) is 0 Å². The average Bonchev–Trinajstić information content (AvgIpc) is 2.62. The Morgan fingerprint density at radius 1 is 1.57 bits per heavy atom. The minimum atomic E-state index is 0.109. The minimum Gasteiger partial charge on any atom is -0.324 e. The van der Waals surface area contributed by atoms with Crippen molar-refractivity contribution in [1.29, 1.82) is 0 Å². The lowest BCUT2D eigenvalue weighted by molar-refractivity contribution is 0.382. The number of hydrogen-bond donors (Lipinski definition) is 1. The summed E-state index contributed by atoms with van der Waals surface area (Å²) in [5, 5.41) is 4.21. The third-order valence-electron chi connectivity index (χ3n) is 2.29. The molecular formula is C10H20N4. The first kappa shape index (κ1) is 11.2. The van der Waals surface area contributed by atoms with Crippen LogP contribution in [0.15, 0.2) is 12.4 Å². The molecule has 1 heterocycles. The van der Waals surface area contributed by atoms with Gasteiger partial charge in [-0.3, -0.25) is 4.68 Å². The smallest absolute Gasteiger partial charge is 0.0537 e. The predicted molar refractivity (Wildman–Crippen MR) is 58.0 cm³/mol. The van der Waals surface area contributed by atoms with Crippen LogP contribution in [0.25, 0.3) is 0 Å². The third kappa shape index (κ3) is 3.12. The van der Waals surface area contributed by atoms with E-state index in [-0.39, 0.29) is 6.04 Å². The largest absolute Gasteiger partial charge is 0.324 e. The number of aryl methyl sites for hydroxylation is 1. The molecule has 0 radical (unpaired) electrons. The van der Waals surface area contributed by atoms with Gasteiger partial charge in [0.2, 0.25) is 0 Å². The lowest BCUT2D eigenvalue weighted by Crippen LogP contribution is -2.19. The van der Waals surface area contributed by atoms with Gasteiger partial charge in [-0.25, -0.2) is 0 Å². The lowest BCUT2D eigenvalue weighted by Gasteiger charge is -2.13. The number of nitrogens with two attached hydrogens (primary N) is 1. The molecule has 0 aromatic carbocycles. The topological polar surface area (TPSA) is 47.1 Å². The van der Waals surface area contributed by atoms with Crippen molar-refractivity contribution in [2.24, 2.45) is 5.73 Å². The fraction of sp³-hybridized carbons (Fsp3) is 0.700. The van der Waals surface area contributed by atoms with Gasteiger partial charge in [0.1, 0.15) is 0 Å². The van der Waals surface area contributed by atoms with Crippen molar-refractivity contribution in [1.82, 2.24) is 14.7 Å². The highest BCUT2D eigenvalue weighted by molar-refractivity contribution is 5.09. The Bertz CT molecular complexity index is 267. The Morgan fingerprint density at radius 3 is 2.79 bits per heavy atom. The van der Waals surface area contributed by atoms with Crippen molar-refractivity contribution in [3.8, 4) is 0 Å². The summed E-state index contributed by atoms with van der Waals surface area (Å²) in [6, 6.07) is 0.109. The Kier molecular flexibility index (Phi) is 4.10. The maximum absolute atomic E-state index is 6.03. The zero-order valence-electron chi connectivity index (χ0n) is 9.27. The summed E-state index contributed by atoms with van der Waals surface area (Å²) in [4.78, 5) is 2.14. The molecule has 14 heavy (non-hydrogen) atoms. The van der Waals surface area contributed by atoms with Crippen LogP contribution in [0.2, 0.25) is 0 Å². The van der Waals surface area contributed by atoms with E-state index >= 15 is 0 Å². The van der Waals surface area contributed by atoms with Gasteiger partial charge in [0.05, 0.1) is 6.20 Å². The number of hydrogen-bond acceptors (Lipinski definition) is 3. The van der Waals surface area contributed by atoms with Crippen LogP contribution in [0, 0.1) is 0 Å². The predicted octanol–water partition coefficient (Wildman–Crippen LogP) is 0.854. The van der Waals surface area contributed by atoms with E-state index in [9.17, 15) is 0 Å². The van der Waals surface area contributed by atoms with Crippen LogP contribution in [0.3, 0.4) is 0 Å². The molecule has 0 aliphatic carbocycles. The van der Waals surface area contributed by atoms with Gasteiger partial charge in [0.15, 0.2) is 0 Å². The quantitative estimate of drug-likeness (QED) is 0.759. The van der Waals surface area contributed by atoms with E-state index in [2.05, 4.69) is 31.0 Å². The van der Waals surface area contributed by atoms with Gasteiger partial charge in [-0.1, -0.05) is 0 Å². The summed E-state index contributed by atoms with van der Waals surface area (Å²) in [7, 11) is 4.12. The van der Waals surface area contributed by atoms with Gasteiger partial charge in [0.25, 0.3) is 0 Å². The van der Waals surface area contributed by atoms with Gasteiger partial charge < -0.3 is 10.6 Å². The summed E-state index contributed by atoms with van der Waals surface area (Å²) in [6.45, 7) is 3.99. The Balaban J connectivity index is 2.47. The Hall–Kier alpha value is -0.870. The zero-order valence-corrected chi connectivity index (χ0v) is 9.27. The molecule has 2 N–H and O–H groups in total. The maximum atomic E-state index is 6.03. The minimum absolute atomic E-state index is 0.109. The highest BCUT2D eigenvalue weighted by Gasteiger charge is 2.08. The summed E-state index contributed by atoms with van der Waals surface area (Å²) in [6.07, 6.45) is 4.87. The molecule has 0 aliphatic rings. The van der Waals surface area contributed by atoms with Crippen LogP contribution in [-0.4, -0.2) is 35.3 Å². The fourth-order valence-corrected chi connectivity index (χ4v) is 1.31. The highest BCUT2D eigenvalue weighted by atomic mass is 15.3. The first-order valence-corrected chi connectivity index (χ1v) is 5.06. The average molecular weight is 196 g/mol. The first-order valence-electron chi connectivity index (χ1n) is 5.06. The second-order valence-electron chi connectivity index (χ2n) is 3.83. The monoisotopic (exact) mass is 196 g/mol. The lowest BCUT2D eigenvalue weighted by atomic mass is 10.1. The molecule has 1 rings (SSSR count). The molecule has 1 aromatic rings. The van der Waals surface area contributed by atoms with Crippen molar-refractivity contribution in [3.05, 3.63) is 18.0 Å². The van der Waals surface area contributed by atoms with E-state index in [0.29, 0.717) is 0 Å². The standard InChI is InChI=1S/C10H20N4/c1-4-14-8-9(7-12-14)10(11)5-6-13(2)3/h7-8,10H,4-6,11H2,1-3H3. The fourth-order valence-electron chi connectivity index (χ4n) is 1.31. The summed E-state index contributed by atoms with van der Waals surface area (Å²) < 4.78 is 1.91. The highest BCUT2D eigenvalue weighted by Crippen LogP contribution is 2.12. The summed E-state index contributed by atoms with van der Waals surface area (Å²) in [5.74, 6) is 0. The van der Waals surface area contributed by atoms with Crippen LogP contribution in [-0.2, 0) is 6.54 Å². The first-order chi connectivity index (χ1) is 6.63. The molecule has 0 fully saturated rings. The zero-order chi connectivity index (χ0) is 10.6. The molecule has 80 valence electrons. The van der Waals surface area contributed by atoms with Gasteiger partial charge in [0, 0.05) is 24.3 Å². The Morgan fingerprint density at radius 2 is 2.29 bits per heavy atom. The van der Waals surface area contributed by atoms with Crippen LogP contribution in [0.4, 0.5) is 0 Å². The molecule has 4 heteroatoms. The summed E-state index contributed by atoms with van der Waals surface area (Å²) in [5.41, 5.74) is 7.16. The van der Waals surface area contributed by atoms with Crippen molar-refractivity contribution < 1.29 is 0 Å². The number of rotatable bonds is 5. The van der Waals surface area contributed by atoms with Crippen LogP contribution >= 0.6 is 0 Å². The van der Waals surface area contributed by atoms with Crippen LogP contribution < -0.4 is 5.73 Å². The van der Waals surface area contributed by atoms with E-state index in [0.717, 1.165) is 25.1 Å². The van der Waals surface area contributed by atoms with E-state index in [4.69, 9.17) is 5.73 Å². The SMILES string of the molecule is CCn1cc(C(N)CCN(C)C)cn1. The number of nitrogens with zero attached hydrogens (tertiary/aromatic N) is 3. The second kappa shape index (κ2) is 5.12. The molecule has 4 nitrogen and oxygen atoms in total. The maximum Gasteiger partial charge on any atom is 0.0537 e. The molecule has 1 atom stereocenters. The molecule has 0 amide bonds. The summed E-state index contributed by atoms with van der Waals surface area (Å²) >= 11 is 0. The molecule has 0 saturated heterocycles. The van der Waals surface area contributed by atoms with E-state index in [1.165, 1.54) is 0 Å². The molecular weight excluding hydrogens is 176 g/mol. The Labute approximate surface area is 85.7 Å². The molecule has 0 bridgehead atoms. The van der Waals surface area contributed by atoms with Crippen molar-refractivity contribution in [2.75, 3.05) is 20.6 Å². The molecule has 1 aromatic heterocycles. The van der Waals surface area contributed by atoms with E-state index in [1.54, 1.807) is 0 Å². The van der Waals surface area contributed by atoms with Gasteiger partial charge in [-0.15, -0.1) is 0 Å². The molecule has 0 saturated carbocycles. The van der Waals surface area contributed by atoms with Gasteiger partial charge in [-0.05, 0) is 34.0 Å². The molecule has 0 aliphatic heterocycles. The third-order valence-corrected chi connectivity index (χ3v) is 2.29. The van der Waals surface area contributed by atoms with Crippen LogP contribution in [0.5, 0.6) is 0 Å². The van der Waals surface area contributed by atoms with Crippen LogP contribution in [0.1, 0.15) is 24.9 Å². The van der Waals surface area contributed by atoms with Gasteiger partial charge in [-0.2, -0.15) is 5.10 Å². The molecule has 0 spiro atoms. The van der Waals surface area contributed by atoms with Crippen molar-refractivity contribution in [2.45, 2.75) is 25.9 Å². The van der Waals surface area contributed by atoms with E-state index < -0.39 is 0 Å². The van der Waals surface area contributed by atoms with E-state index in [1.807, 2.05) is 17.1 Å².